The highest BCUT2D eigenvalue weighted by Gasteiger charge is 2.33. The minimum atomic E-state index is -3.57. The van der Waals surface area contributed by atoms with Crippen LogP contribution in [0.25, 0.3) is 0 Å². The molecule has 5 nitrogen and oxygen atoms in total. The van der Waals surface area contributed by atoms with Gasteiger partial charge in [-0.3, -0.25) is 4.18 Å². The smallest absolute Gasteiger partial charge is 0.338 e. The molecule has 2 unspecified atom stereocenters. The predicted molar refractivity (Wildman–Crippen MR) is 80.3 cm³/mol. The normalized spacial score (nSPS) is 23.2. The van der Waals surface area contributed by atoms with Crippen molar-refractivity contribution in [2.75, 3.05) is 17.8 Å². The van der Waals surface area contributed by atoms with E-state index < -0.39 is 28.3 Å². The van der Waals surface area contributed by atoms with Gasteiger partial charge in [0.25, 0.3) is 10.1 Å². The molecule has 0 radical (unpaired) electrons. The van der Waals surface area contributed by atoms with E-state index in [1.165, 1.54) is 21.6 Å². The number of carbonyl (C=O) groups is 1. The third kappa shape index (κ3) is 4.69. The number of hydrogen-bond donors (Lipinski definition) is 0. The lowest BCUT2D eigenvalue weighted by Crippen LogP contribution is -2.40. The Labute approximate surface area is 125 Å². The van der Waals surface area contributed by atoms with Crippen molar-refractivity contribution >= 4 is 37.7 Å². The lowest BCUT2D eigenvalue weighted by molar-refractivity contribution is 0.00671. The maximum absolute atomic E-state index is 12.0. The lowest BCUT2D eigenvalue weighted by Gasteiger charge is -2.29. The van der Waals surface area contributed by atoms with E-state index >= 15 is 0 Å². The van der Waals surface area contributed by atoms with Gasteiger partial charge in [-0.2, -0.15) is 8.42 Å². The lowest BCUT2D eigenvalue weighted by atomic mass is 10.2. The SMILES string of the molecule is CS(=O)(=O)OC1CSSCC1OC(=O)c1ccccc1. The summed E-state index contributed by atoms with van der Waals surface area (Å²) < 4.78 is 32.8. The molecule has 2 rings (SSSR count). The van der Waals surface area contributed by atoms with Gasteiger partial charge in [0.2, 0.25) is 0 Å². The van der Waals surface area contributed by atoms with Crippen LogP contribution < -0.4 is 0 Å². The van der Waals surface area contributed by atoms with Crippen molar-refractivity contribution < 1.29 is 22.1 Å². The molecular formula is C12H14O5S3. The summed E-state index contributed by atoms with van der Waals surface area (Å²) in [7, 11) is -0.530. The molecule has 8 heteroatoms. The second-order valence-electron chi connectivity index (χ2n) is 4.22. The van der Waals surface area contributed by atoms with Crippen LogP contribution in [-0.2, 0) is 19.0 Å². The van der Waals surface area contributed by atoms with Gasteiger partial charge in [-0.25, -0.2) is 4.79 Å². The van der Waals surface area contributed by atoms with Crippen LogP contribution in [0.2, 0.25) is 0 Å². The fourth-order valence-electron chi connectivity index (χ4n) is 1.65. The second-order valence-corrected chi connectivity index (χ2v) is 8.37. The van der Waals surface area contributed by atoms with Crippen molar-refractivity contribution in [2.24, 2.45) is 0 Å². The predicted octanol–water partition coefficient (Wildman–Crippen LogP) is 1.95. The van der Waals surface area contributed by atoms with Crippen LogP contribution in [0, 0.1) is 0 Å². The molecule has 1 aromatic rings. The molecule has 20 heavy (non-hydrogen) atoms. The van der Waals surface area contributed by atoms with Gasteiger partial charge in [-0.05, 0) is 12.1 Å². The Kier molecular flexibility index (Phi) is 5.36. The van der Waals surface area contributed by atoms with Crippen molar-refractivity contribution in [3.8, 4) is 0 Å². The number of carbonyl (C=O) groups excluding carboxylic acids is 1. The van der Waals surface area contributed by atoms with Gasteiger partial charge < -0.3 is 4.74 Å². The summed E-state index contributed by atoms with van der Waals surface area (Å²) in [5.74, 6) is 0.499. The highest BCUT2D eigenvalue weighted by Crippen LogP contribution is 2.33. The number of benzene rings is 1. The maximum atomic E-state index is 12.0. The topological polar surface area (TPSA) is 69.7 Å². The third-order valence-electron chi connectivity index (χ3n) is 2.53. The zero-order valence-electron chi connectivity index (χ0n) is 10.7. The monoisotopic (exact) mass is 334 g/mol. The van der Waals surface area contributed by atoms with Gasteiger partial charge in [0, 0.05) is 11.5 Å². The highest BCUT2D eigenvalue weighted by atomic mass is 33.1. The molecule has 0 saturated carbocycles. The van der Waals surface area contributed by atoms with Crippen LogP contribution >= 0.6 is 21.6 Å². The Morgan fingerprint density at radius 1 is 1.15 bits per heavy atom. The summed E-state index contributed by atoms with van der Waals surface area (Å²) in [5, 5.41) is 0. The zero-order chi connectivity index (χ0) is 14.6. The van der Waals surface area contributed by atoms with E-state index in [0.29, 0.717) is 17.1 Å². The van der Waals surface area contributed by atoms with Crippen LogP contribution in [0.15, 0.2) is 30.3 Å². The Balaban J connectivity index is 2.04. The van der Waals surface area contributed by atoms with E-state index in [-0.39, 0.29) is 0 Å². The fraction of sp³-hybridized carbons (Fsp3) is 0.417. The summed E-state index contributed by atoms with van der Waals surface area (Å²) in [6, 6.07) is 8.59. The zero-order valence-corrected chi connectivity index (χ0v) is 13.2. The van der Waals surface area contributed by atoms with Crippen LogP contribution in [0.1, 0.15) is 10.4 Å². The van der Waals surface area contributed by atoms with Crippen LogP contribution in [0.3, 0.4) is 0 Å². The van der Waals surface area contributed by atoms with Gasteiger partial charge in [0.1, 0.15) is 12.2 Å². The quantitative estimate of drug-likeness (QED) is 0.473. The molecule has 2 atom stereocenters. The maximum Gasteiger partial charge on any atom is 0.338 e. The standard InChI is InChI=1S/C12H14O5S3/c1-20(14,15)17-11-8-19-18-7-10(11)16-12(13)9-5-3-2-4-6-9/h2-6,10-11H,7-8H2,1H3. The minimum Gasteiger partial charge on any atom is -0.455 e. The van der Waals surface area contributed by atoms with Crippen LogP contribution in [0.4, 0.5) is 0 Å². The summed E-state index contributed by atoms with van der Waals surface area (Å²) in [6.45, 7) is 0. The Bertz CT molecular complexity index is 558. The van der Waals surface area contributed by atoms with Crippen LogP contribution in [-0.4, -0.2) is 44.4 Å². The van der Waals surface area contributed by atoms with Crippen molar-refractivity contribution in [2.45, 2.75) is 12.2 Å². The molecule has 1 aliphatic rings. The van der Waals surface area contributed by atoms with Crippen molar-refractivity contribution in [1.82, 2.24) is 0 Å². The van der Waals surface area contributed by atoms with E-state index in [2.05, 4.69) is 0 Å². The third-order valence-corrected chi connectivity index (χ3v) is 5.54. The molecule has 0 bridgehead atoms. The molecular weight excluding hydrogens is 320 g/mol. The van der Waals surface area contributed by atoms with Gasteiger partial charge in [-0.15, -0.1) is 0 Å². The number of esters is 1. The largest absolute Gasteiger partial charge is 0.455 e. The second kappa shape index (κ2) is 6.84. The van der Waals surface area contributed by atoms with Gasteiger partial charge >= 0.3 is 5.97 Å². The highest BCUT2D eigenvalue weighted by molar-refractivity contribution is 8.76. The van der Waals surface area contributed by atoms with E-state index in [1.807, 2.05) is 0 Å². The van der Waals surface area contributed by atoms with E-state index in [1.54, 1.807) is 30.3 Å². The summed E-state index contributed by atoms with van der Waals surface area (Å²) in [6.07, 6.45) is -0.206. The average Bonchev–Trinajstić information content (AvgIpc) is 2.40. The van der Waals surface area contributed by atoms with Gasteiger partial charge in [-0.1, -0.05) is 39.8 Å². The minimum absolute atomic E-state index is 0.439. The first-order chi connectivity index (χ1) is 9.46. The van der Waals surface area contributed by atoms with E-state index in [9.17, 15) is 13.2 Å². The molecule has 1 aromatic carbocycles. The fourth-order valence-corrected chi connectivity index (χ4v) is 4.78. The first-order valence-corrected chi connectivity index (χ1v) is 10.1. The van der Waals surface area contributed by atoms with E-state index in [4.69, 9.17) is 8.92 Å². The van der Waals surface area contributed by atoms with Gasteiger partial charge in [0.15, 0.2) is 0 Å². The summed E-state index contributed by atoms with van der Waals surface area (Å²) >= 11 is 0. The molecule has 0 spiro atoms. The number of rotatable bonds is 4. The summed E-state index contributed by atoms with van der Waals surface area (Å²) in [5.41, 5.74) is 0.439. The molecule has 1 aliphatic heterocycles. The molecule has 1 heterocycles. The Morgan fingerprint density at radius 3 is 2.35 bits per heavy atom. The summed E-state index contributed by atoms with van der Waals surface area (Å²) in [4.78, 5) is 12.0. The molecule has 0 aliphatic carbocycles. The first kappa shape index (κ1) is 15.7. The van der Waals surface area contributed by atoms with Crippen LogP contribution in [0.5, 0.6) is 0 Å². The van der Waals surface area contributed by atoms with Crippen molar-refractivity contribution in [1.29, 1.82) is 0 Å². The first-order valence-electron chi connectivity index (χ1n) is 5.84. The van der Waals surface area contributed by atoms with Gasteiger partial charge in [0.05, 0.1) is 11.8 Å². The molecule has 1 fully saturated rings. The van der Waals surface area contributed by atoms with Crippen molar-refractivity contribution in [3.63, 3.8) is 0 Å². The number of hydrogen-bond acceptors (Lipinski definition) is 7. The Hall–Kier alpha value is -0.700. The number of ether oxygens (including phenoxy) is 1. The van der Waals surface area contributed by atoms with Crippen molar-refractivity contribution in [3.05, 3.63) is 35.9 Å². The average molecular weight is 334 g/mol. The molecule has 0 amide bonds. The van der Waals surface area contributed by atoms with E-state index in [0.717, 1.165) is 6.26 Å². The molecule has 110 valence electrons. The molecule has 0 aromatic heterocycles. The Morgan fingerprint density at radius 2 is 1.75 bits per heavy atom. The molecule has 1 saturated heterocycles. The molecule has 0 N–H and O–H groups in total.